The Kier molecular flexibility index (Phi) is 3.36. The van der Waals surface area contributed by atoms with E-state index in [1.165, 1.54) is 19.5 Å². The predicted octanol–water partition coefficient (Wildman–Crippen LogP) is 2.25. The van der Waals surface area contributed by atoms with Gasteiger partial charge in [-0.1, -0.05) is 20.8 Å². The fourth-order valence-corrected chi connectivity index (χ4v) is 2.87. The third kappa shape index (κ3) is 2.36. The highest BCUT2D eigenvalue weighted by molar-refractivity contribution is 4.87. The van der Waals surface area contributed by atoms with E-state index in [-0.39, 0.29) is 0 Å². The predicted molar refractivity (Wildman–Crippen MR) is 62.8 cm³/mol. The van der Waals surface area contributed by atoms with E-state index in [0.29, 0.717) is 6.10 Å². The van der Waals surface area contributed by atoms with Gasteiger partial charge in [-0.2, -0.15) is 0 Å². The molecule has 88 valence electrons. The van der Waals surface area contributed by atoms with Crippen molar-refractivity contribution in [2.24, 2.45) is 23.7 Å². The molecule has 0 spiro atoms. The summed E-state index contributed by atoms with van der Waals surface area (Å²) in [7, 11) is 2.21. The van der Waals surface area contributed by atoms with Gasteiger partial charge in [-0.25, -0.2) is 0 Å². The summed E-state index contributed by atoms with van der Waals surface area (Å²) in [4.78, 5) is 2.41. The molecule has 0 amide bonds. The van der Waals surface area contributed by atoms with E-state index in [1.807, 2.05) is 0 Å². The average Bonchev–Trinajstić information content (AvgIpc) is 2.05. The number of ether oxygens (including phenoxy) is 1. The molecular weight excluding hydrogens is 186 g/mol. The summed E-state index contributed by atoms with van der Waals surface area (Å²) in [5.41, 5.74) is 0. The van der Waals surface area contributed by atoms with E-state index in [0.717, 1.165) is 30.3 Å². The van der Waals surface area contributed by atoms with Crippen LogP contribution in [0.4, 0.5) is 0 Å². The van der Waals surface area contributed by atoms with E-state index in [2.05, 4.69) is 32.7 Å². The Morgan fingerprint density at radius 3 is 2.33 bits per heavy atom. The van der Waals surface area contributed by atoms with Crippen molar-refractivity contribution in [2.45, 2.75) is 33.3 Å². The molecule has 2 rings (SSSR count). The minimum absolute atomic E-state index is 0.561. The first-order chi connectivity index (χ1) is 7.08. The molecule has 2 heteroatoms. The molecule has 2 aliphatic rings. The lowest BCUT2D eigenvalue weighted by molar-refractivity contribution is -0.145. The largest absolute Gasteiger partial charge is 0.377 e. The Hall–Kier alpha value is -0.0800. The summed E-state index contributed by atoms with van der Waals surface area (Å²) in [6.07, 6.45) is 1.84. The second kappa shape index (κ2) is 4.42. The van der Waals surface area contributed by atoms with Gasteiger partial charge in [-0.3, -0.25) is 0 Å². The summed E-state index contributed by atoms with van der Waals surface area (Å²) >= 11 is 0. The van der Waals surface area contributed by atoms with Gasteiger partial charge in [0.25, 0.3) is 0 Å². The Morgan fingerprint density at radius 2 is 1.93 bits per heavy atom. The van der Waals surface area contributed by atoms with Crippen LogP contribution in [0, 0.1) is 23.7 Å². The number of nitrogens with zero attached hydrogens (tertiary/aromatic N) is 1. The van der Waals surface area contributed by atoms with Crippen LogP contribution in [0.25, 0.3) is 0 Å². The quantitative estimate of drug-likeness (QED) is 0.707. The smallest absolute Gasteiger partial charge is 0.0630 e. The molecule has 0 aliphatic carbocycles. The maximum absolute atomic E-state index is 5.71. The normalized spacial score (nSPS) is 35.0. The minimum atomic E-state index is 0.561. The monoisotopic (exact) mass is 211 g/mol. The zero-order valence-electron chi connectivity index (χ0n) is 10.6. The number of hydrogen-bond donors (Lipinski definition) is 0. The van der Waals surface area contributed by atoms with Crippen LogP contribution < -0.4 is 0 Å². The van der Waals surface area contributed by atoms with E-state index < -0.39 is 0 Å². The summed E-state index contributed by atoms with van der Waals surface area (Å²) in [5, 5.41) is 0. The van der Waals surface area contributed by atoms with Gasteiger partial charge in [0, 0.05) is 19.0 Å². The van der Waals surface area contributed by atoms with Crippen LogP contribution in [0.1, 0.15) is 27.2 Å². The summed E-state index contributed by atoms with van der Waals surface area (Å²) in [6.45, 7) is 10.6. The highest BCUT2D eigenvalue weighted by Crippen LogP contribution is 2.35. The molecule has 3 atom stereocenters. The number of likely N-dealkylation sites (tertiary alicyclic amines) is 1. The van der Waals surface area contributed by atoms with Crippen LogP contribution in [-0.4, -0.2) is 37.7 Å². The van der Waals surface area contributed by atoms with E-state index >= 15 is 0 Å². The minimum Gasteiger partial charge on any atom is -0.377 e. The van der Waals surface area contributed by atoms with E-state index in [4.69, 9.17) is 4.74 Å². The Labute approximate surface area is 94.0 Å². The third-order valence-electron chi connectivity index (χ3n) is 4.34. The lowest BCUT2D eigenvalue weighted by atomic mass is 9.77. The SMILES string of the molecule is CC(C)C1COC1CC(C)C1CN(C)C1. The molecule has 2 saturated heterocycles. The fourth-order valence-electron chi connectivity index (χ4n) is 2.87. The molecule has 0 N–H and O–H groups in total. The van der Waals surface area contributed by atoms with Crippen LogP contribution in [-0.2, 0) is 4.74 Å². The molecular formula is C13H25NO. The van der Waals surface area contributed by atoms with Gasteiger partial charge in [0.2, 0.25) is 0 Å². The molecule has 0 bridgehead atoms. The third-order valence-corrected chi connectivity index (χ3v) is 4.34. The van der Waals surface area contributed by atoms with Crippen LogP contribution in [0.5, 0.6) is 0 Å². The average molecular weight is 211 g/mol. The lowest BCUT2D eigenvalue weighted by Gasteiger charge is -2.45. The molecule has 0 saturated carbocycles. The van der Waals surface area contributed by atoms with Crippen molar-refractivity contribution >= 4 is 0 Å². The van der Waals surface area contributed by atoms with Crippen molar-refractivity contribution in [1.82, 2.24) is 4.90 Å². The van der Waals surface area contributed by atoms with E-state index in [1.54, 1.807) is 0 Å². The first kappa shape index (κ1) is 11.4. The molecule has 2 nitrogen and oxygen atoms in total. The van der Waals surface area contributed by atoms with Crippen LogP contribution >= 0.6 is 0 Å². The topological polar surface area (TPSA) is 12.5 Å². The van der Waals surface area contributed by atoms with Crippen molar-refractivity contribution in [3.8, 4) is 0 Å². The maximum atomic E-state index is 5.71. The van der Waals surface area contributed by atoms with E-state index in [9.17, 15) is 0 Å². The summed E-state index contributed by atoms with van der Waals surface area (Å²) in [6, 6.07) is 0. The Morgan fingerprint density at radius 1 is 1.27 bits per heavy atom. The van der Waals surface area contributed by atoms with Gasteiger partial charge < -0.3 is 9.64 Å². The zero-order chi connectivity index (χ0) is 11.0. The van der Waals surface area contributed by atoms with Gasteiger partial charge >= 0.3 is 0 Å². The molecule has 0 aromatic heterocycles. The maximum Gasteiger partial charge on any atom is 0.0630 e. The lowest BCUT2D eigenvalue weighted by Crippen LogP contribution is -2.50. The van der Waals surface area contributed by atoms with Crippen molar-refractivity contribution in [3.63, 3.8) is 0 Å². The molecule has 0 aromatic carbocycles. The van der Waals surface area contributed by atoms with Crippen LogP contribution in [0.2, 0.25) is 0 Å². The first-order valence-corrected chi connectivity index (χ1v) is 6.38. The van der Waals surface area contributed by atoms with Crippen LogP contribution in [0.15, 0.2) is 0 Å². The zero-order valence-corrected chi connectivity index (χ0v) is 10.6. The van der Waals surface area contributed by atoms with Crippen molar-refractivity contribution in [1.29, 1.82) is 0 Å². The standard InChI is InChI=1S/C13H25NO/c1-9(2)12-8-15-13(12)5-10(3)11-6-14(4)7-11/h9-13H,5-8H2,1-4H3. The Balaban J connectivity index is 1.72. The summed E-state index contributed by atoms with van der Waals surface area (Å²) < 4.78 is 5.71. The molecule has 0 radical (unpaired) electrons. The first-order valence-electron chi connectivity index (χ1n) is 6.38. The summed E-state index contributed by atoms with van der Waals surface area (Å²) in [5.74, 6) is 3.38. The number of rotatable bonds is 4. The molecule has 2 heterocycles. The Bertz CT molecular complexity index is 211. The van der Waals surface area contributed by atoms with Gasteiger partial charge in [0.15, 0.2) is 0 Å². The molecule has 2 fully saturated rings. The molecule has 0 aromatic rings. The van der Waals surface area contributed by atoms with Crippen LogP contribution in [0.3, 0.4) is 0 Å². The van der Waals surface area contributed by atoms with Gasteiger partial charge in [-0.05, 0) is 31.2 Å². The van der Waals surface area contributed by atoms with Gasteiger partial charge in [0.1, 0.15) is 0 Å². The van der Waals surface area contributed by atoms with Crippen molar-refractivity contribution in [3.05, 3.63) is 0 Å². The molecule has 3 unspecified atom stereocenters. The van der Waals surface area contributed by atoms with Crippen molar-refractivity contribution < 1.29 is 4.74 Å². The highest BCUT2D eigenvalue weighted by Gasteiger charge is 2.38. The molecule has 15 heavy (non-hydrogen) atoms. The fraction of sp³-hybridized carbons (Fsp3) is 1.00. The van der Waals surface area contributed by atoms with Gasteiger partial charge in [0.05, 0.1) is 12.7 Å². The highest BCUT2D eigenvalue weighted by atomic mass is 16.5. The second-order valence-corrected chi connectivity index (χ2v) is 5.97. The van der Waals surface area contributed by atoms with Crippen molar-refractivity contribution in [2.75, 3.05) is 26.7 Å². The molecule has 2 aliphatic heterocycles. The second-order valence-electron chi connectivity index (χ2n) is 5.97. The number of hydrogen-bond acceptors (Lipinski definition) is 2. The van der Waals surface area contributed by atoms with Gasteiger partial charge in [-0.15, -0.1) is 0 Å².